The smallest absolute Gasteiger partial charge is 0.303 e. The molecule has 2 aliphatic rings. The Morgan fingerprint density at radius 1 is 1.23 bits per heavy atom. The molecule has 4 unspecified atom stereocenters. The summed E-state index contributed by atoms with van der Waals surface area (Å²) in [5.41, 5.74) is 0.526. The fraction of sp³-hybridized carbons (Fsp3) is 0.476. The van der Waals surface area contributed by atoms with Gasteiger partial charge in [0.15, 0.2) is 0 Å². The minimum absolute atomic E-state index is 0.0443. The summed E-state index contributed by atoms with van der Waals surface area (Å²) in [7, 11) is -3.63. The van der Waals surface area contributed by atoms with Crippen LogP contribution in [0.2, 0.25) is 0 Å². The molecular weight excluding hydrogens is 408 g/mol. The van der Waals surface area contributed by atoms with Crippen molar-refractivity contribution in [3.8, 4) is 0 Å². The number of hydrogen-bond donors (Lipinski definition) is 2. The summed E-state index contributed by atoms with van der Waals surface area (Å²) in [6.45, 7) is 0. The fourth-order valence-electron chi connectivity index (χ4n) is 4.53. The lowest BCUT2D eigenvalue weighted by Gasteiger charge is -2.27. The third-order valence-electron chi connectivity index (χ3n) is 5.87. The number of unbranched alkanes of at least 4 members (excludes halogenated alkanes) is 1. The van der Waals surface area contributed by atoms with E-state index in [0.29, 0.717) is 30.2 Å². The van der Waals surface area contributed by atoms with Crippen molar-refractivity contribution < 1.29 is 23.2 Å². The van der Waals surface area contributed by atoms with Crippen molar-refractivity contribution in [1.82, 2.24) is 4.72 Å². The summed E-state index contributed by atoms with van der Waals surface area (Å²) < 4.78 is 27.8. The van der Waals surface area contributed by atoms with Crippen molar-refractivity contribution in [2.45, 2.75) is 44.6 Å². The van der Waals surface area contributed by atoms with Crippen LogP contribution in [0.15, 0.2) is 41.8 Å². The molecule has 4 atom stereocenters. The number of nitrogens with zero attached hydrogens (tertiary/aromatic N) is 1. The number of carboxylic acids is 1. The van der Waals surface area contributed by atoms with E-state index in [2.05, 4.69) is 10.8 Å². The molecule has 8 nitrogen and oxygen atoms in total. The lowest BCUT2D eigenvalue weighted by atomic mass is 9.85. The number of fused-ring (bicyclic) bond motifs is 2. The second-order valence-corrected chi connectivity index (χ2v) is 9.63. The average molecular weight is 435 g/mol. The Hall–Kier alpha value is -2.52. The minimum atomic E-state index is -3.63. The van der Waals surface area contributed by atoms with Gasteiger partial charge in [0.05, 0.1) is 4.92 Å². The third kappa shape index (κ3) is 5.99. The zero-order valence-corrected chi connectivity index (χ0v) is 17.3. The molecule has 0 heterocycles. The number of nitro groups is 1. The van der Waals surface area contributed by atoms with Gasteiger partial charge in [-0.15, -0.1) is 0 Å². The average Bonchev–Trinajstić information content (AvgIpc) is 3.26. The molecule has 1 aromatic carbocycles. The molecule has 2 N–H and O–H groups in total. The van der Waals surface area contributed by atoms with Gasteiger partial charge in [0.1, 0.15) is 0 Å². The number of sulfonamides is 1. The van der Waals surface area contributed by atoms with Gasteiger partial charge in [-0.05, 0) is 73.6 Å². The van der Waals surface area contributed by atoms with Crippen molar-refractivity contribution in [3.63, 3.8) is 0 Å². The summed E-state index contributed by atoms with van der Waals surface area (Å²) in [6.07, 6.45) is 9.95. The quantitative estimate of drug-likeness (QED) is 0.250. The molecule has 0 spiro atoms. The number of carboxylic acid groups (broad SMARTS) is 1. The largest absolute Gasteiger partial charge is 0.481 e. The maximum absolute atomic E-state index is 12.5. The molecule has 0 amide bonds. The minimum Gasteiger partial charge on any atom is -0.481 e. The molecule has 2 saturated carbocycles. The van der Waals surface area contributed by atoms with Gasteiger partial charge in [-0.2, -0.15) is 0 Å². The number of nitrogens with one attached hydrogen (secondary N) is 1. The number of non-ortho nitro benzene ring substituents is 1. The van der Waals surface area contributed by atoms with E-state index < -0.39 is 20.9 Å². The van der Waals surface area contributed by atoms with Crippen molar-refractivity contribution in [2.75, 3.05) is 0 Å². The number of rotatable bonds is 10. The van der Waals surface area contributed by atoms with Crippen LogP contribution >= 0.6 is 0 Å². The number of nitro benzene ring substituents is 1. The molecule has 2 aliphatic carbocycles. The van der Waals surface area contributed by atoms with E-state index in [9.17, 15) is 23.3 Å². The molecule has 30 heavy (non-hydrogen) atoms. The standard InChI is InChI=1S/C21H26N2O6S/c24-21(25)5-3-1-2-4-17-12-16-13-19(17)20(14-16)22-30(28,29)11-10-15-6-8-18(9-7-15)23(26)27/h2,4,6-11,16-17,19-20,22H,1,3,5,12-14H2,(H,24,25)/b4-2+,11-10+. The van der Waals surface area contributed by atoms with Gasteiger partial charge in [0, 0.05) is 30.0 Å². The topological polar surface area (TPSA) is 127 Å². The second-order valence-electron chi connectivity index (χ2n) is 8.04. The summed E-state index contributed by atoms with van der Waals surface area (Å²) in [4.78, 5) is 20.8. The molecule has 0 radical (unpaired) electrons. The first-order valence-corrected chi connectivity index (χ1v) is 11.6. The van der Waals surface area contributed by atoms with E-state index >= 15 is 0 Å². The molecule has 1 aromatic rings. The molecule has 9 heteroatoms. The second kappa shape index (κ2) is 9.53. The highest BCUT2D eigenvalue weighted by Crippen LogP contribution is 2.49. The van der Waals surface area contributed by atoms with Crippen LogP contribution in [0.4, 0.5) is 5.69 Å². The molecular formula is C21H26N2O6S. The van der Waals surface area contributed by atoms with Gasteiger partial charge < -0.3 is 5.11 Å². The molecule has 3 rings (SSSR count). The SMILES string of the molecule is O=C(O)CCC/C=C/C1CC2CC(NS(=O)(=O)/C=C/c3ccc([N+](=O)[O-])cc3)C1C2. The van der Waals surface area contributed by atoms with Crippen LogP contribution in [0.5, 0.6) is 0 Å². The van der Waals surface area contributed by atoms with Gasteiger partial charge in [0.2, 0.25) is 10.0 Å². The van der Waals surface area contributed by atoms with Crippen LogP contribution in [0.1, 0.15) is 44.1 Å². The monoisotopic (exact) mass is 434 g/mol. The molecule has 0 aliphatic heterocycles. The zero-order chi connectivity index (χ0) is 21.7. The van der Waals surface area contributed by atoms with Crippen molar-refractivity contribution >= 4 is 27.8 Å². The Kier molecular flexibility index (Phi) is 7.04. The van der Waals surface area contributed by atoms with Gasteiger partial charge in [-0.3, -0.25) is 14.9 Å². The summed E-state index contributed by atoms with van der Waals surface area (Å²) >= 11 is 0. The Morgan fingerprint density at radius 3 is 2.60 bits per heavy atom. The van der Waals surface area contributed by atoms with Gasteiger partial charge in [-0.25, -0.2) is 13.1 Å². The van der Waals surface area contributed by atoms with Crippen molar-refractivity contribution in [2.24, 2.45) is 17.8 Å². The number of benzene rings is 1. The highest BCUT2D eigenvalue weighted by molar-refractivity contribution is 7.92. The molecule has 0 aromatic heterocycles. The first kappa shape index (κ1) is 22.2. The fourth-order valence-corrected chi connectivity index (χ4v) is 5.64. The predicted octanol–water partition coefficient (Wildman–Crippen LogP) is 3.71. The van der Waals surface area contributed by atoms with Gasteiger partial charge >= 0.3 is 5.97 Å². The van der Waals surface area contributed by atoms with Crippen LogP contribution in [0.3, 0.4) is 0 Å². The first-order chi connectivity index (χ1) is 14.2. The molecule has 2 bridgehead atoms. The van der Waals surface area contributed by atoms with Crippen LogP contribution in [-0.2, 0) is 14.8 Å². The zero-order valence-electron chi connectivity index (χ0n) is 16.5. The van der Waals surface area contributed by atoms with Crippen LogP contribution in [0.25, 0.3) is 6.08 Å². The Morgan fingerprint density at radius 2 is 1.97 bits per heavy atom. The van der Waals surface area contributed by atoms with Crippen LogP contribution < -0.4 is 4.72 Å². The van der Waals surface area contributed by atoms with Gasteiger partial charge in [0.25, 0.3) is 5.69 Å². The number of hydrogen-bond acceptors (Lipinski definition) is 5. The Bertz CT molecular complexity index is 939. The van der Waals surface area contributed by atoms with Crippen molar-refractivity contribution in [3.05, 3.63) is 57.5 Å². The highest BCUT2D eigenvalue weighted by Gasteiger charge is 2.46. The van der Waals surface area contributed by atoms with E-state index in [0.717, 1.165) is 24.7 Å². The molecule has 0 saturated heterocycles. The number of carbonyl (C=O) groups is 1. The van der Waals surface area contributed by atoms with Crippen LogP contribution in [0, 0.1) is 27.9 Å². The lowest BCUT2D eigenvalue weighted by molar-refractivity contribution is -0.384. The lowest BCUT2D eigenvalue weighted by Crippen LogP contribution is -2.40. The predicted molar refractivity (Wildman–Crippen MR) is 113 cm³/mol. The van der Waals surface area contributed by atoms with Crippen LogP contribution in [-0.4, -0.2) is 30.5 Å². The molecule has 2 fully saturated rings. The number of aliphatic carboxylic acids is 1. The van der Waals surface area contributed by atoms with E-state index in [4.69, 9.17) is 5.11 Å². The summed E-state index contributed by atoms with van der Waals surface area (Å²) in [5, 5.41) is 20.5. The van der Waals surface area contributed by atoms with E-state index in [-0.39, 0.29) is 24.1 Å². The van der Waals surface area contributed by atoms with E-state index in [1.54, 1.807) is 0 Å². The Balaban J connectivity index is 1.55. The summed E-state index contributed by atoms with van der Waals surface area (Å²) in [5.74, 6) is 0.294. The van der Waals surface area contributed by atoms with E-state index in [1.165, 1.54) is 30.3 Å². The van der Waals surface area contributed by atoms with Gasteiger partial charge in [-0.1, -0.05) is 12.2 Å². The number of allylic oxidation sites excluding steroid dienone is 2. The van der Waals surface area contributed by atoms with E-state index in [1.807, 2.05) is 6.08 Å². The molecule has 162 valence electrons. The third-order valence-corrected chi connectivity index (χ3v) is 6.99. The normalized spacial score (nSPS) is 26.0. The van der Waals surface area contributed by atoms with Crippen molar-refractivity contribution in [1.29, 1.82) is 0 Å². The Labute approximate surface area is 175 Å². The summed E-state index contributed by atoms with van der Waals surface area (Å²) in [6, 6.07) is 5.58. The first-order valence-electron chi connectivity index (χ1n) is 10.1. The maximum Gasteiger partial charge on any atom is 0.303 e. The maximum atomic E-state index is 12.5. The highest BCUT2D eigenvalue weighted by atomic mass is 32.2.